The maximum Gasteiger partial charge on any atom is 0.279 e. The number of piperazine rings is 1. The molecule has 2 heterocycles. The molecule has 1 fully saturated rings. The Kier molecular flexibility index (Phi) is 5.34. The van der Waals surface area contributed by atoms with Crippen LogP contribution in [0.2, 0.25) is 0 Å². The van der Waals surface area contributed by atoms with Crippen LogP contribution in [-0.2, 0) is 14.9 Å². The van der Waals surface area contributed by atoms with Crippen molar-refractivity contribution in [3.63, 3.8) is 0 Å². The van der Waals surface area contributed by atoms with Crippen LogP contribution in [-0.4, -0.2) is 64.1 Å². The highest BCUT2D eigenvalue weighted by Crippen LogP contribution is 2.17. The number of aromatic nitrogens is 1. The van der Waals surface area contributed by atoms with Gasteiger partial charge in [0.1, 0.15) is 5.82 Å². The van der Waals surface area contributed by atoms with Gasteiger partial charge in [0.25, 0.3) is 10.2 Å². The summed E-state index contributed by atoms with van der Waals surface area (Å²) >= 11 is 0. The second-order valence-corrected chi connectivity index (χ2v) is 6.47. The maximum atomic E-state index is 12.1. The molecule has 0 radical (unpaired) electrons. The third-order valence-electron chi connectivity index (χ3n) is 3.31. The number of nitrogens with two attached hydrogens (primary N) is 1. The zero-order chi connectivity index (χ0) is 15.3. The molecule has 0 saturated carbocycles. The van der Waals surface area contributed by atoms with Gasteiger partial charge in [0, 0.05) is 39.8 Å². The van der Waals surface area contributed by atoms with E-state index in [0.29, 0.717) is 38.6 Å². The van der Waals surface area contributed by atoms with Gasteiger partial charge in [-0.15, -0.1) is 0 Å². The van der Waals surface area contributed by atoms with Crippen LogP contribution >= 0.6 is 0 Å². The van der Waals surface area contributed by atoms with Crippen molar-refractivity contribution in [2.45, 2.75) is 0 Å². The van der Waals surface area contributed by atoms with Crippen LogP contribution in [0.15, 0.2) is 18.3 Å². The molecule has 1 aromatic rings. The first kappa shape index (κ1) is 16.0. The fourth-order valence-electron chi connectivity index (χ4n) is 2.14. The van der Waals surface area contributed by atoms with Gasteiger partial charge in [-0.25, -0.2) is 4.98 Å². The smallest absolute Gasteiger partial charge is 0.279 e. The largest absolute Gasteiger partial charge is 0.384 e. The molecule has 2 rings (SSSR count). The van der Waals surface area contributed by atoms with E-state index in [-0.39, 0.29) is 6.54 Å². The van der Waals surface area contributed by atoms with E-state index in [0.717, 1.165) is 5.69 Å². The van der Waals surface area contributed by atoms with Crippen LogP contribution < -0.4 is 15.4 Å². The Labute approximate surface area is 125 Å². The number of nitrogen functional groups attached to an aromatic ring is 1. The topological polar surface area (TPSA) is 101 Å². The summed E-state index contributed by atoms with van der Waals surface area (Å²) in [5, 5.41) is 0. The fourth-order valence-corrected chi connectivity index (χ4v) is 3.30. The van der Waals surface area contributed by atoms with Crippen molar-refractivity contribution in [2.75, 3.05) is 57.1 Å². The molecule has 1 saturated heterocycles. The first-order valence-electron chi connectivity index (χ1n) is 6.73. The Morgan fingerprint density at radius 2 is 2.05 bits per heavy atom. The van der Waals surface area contributed by atoms with Crippen molar-refractivity contribution in [3.8, 4) is 0 Å². The molecule has 21 heavy (non-hydrogen) atoms. The Bertz CT molecular complexity index is 541. The first-order valence-corrected chi connectivity index (χ1v) is 8.17. The lowest BCUT2D eigenvalue weighted by Gasteiger charge is -2.35. The lowest BCUT2D eigenvalue weighted by atomic mass is 10.3. The number of pyridine rings is 1. The fraction of sp³-hybridized carbons (Fsp3) is 0.583. The molecule has 0 amide bonds. The van der Waals surface area contributed by atoms with Crippen LogP contribution in [0, 0.1) is 0 Å². The summed E-state index contributed by atoms with van der Waals surface area (Å²) in [6, 6.07) is 3.63. The van der Waals surface area contributed by atoms with Crippen molar-refractivity contribution < 1.29 is 13.2 Å². The van der Waals surface area contributed by atoms with Crippen molar-refractivity contribution in [3.05, 3.63) is 18.3 Å². The minimum atomic E-state index is -3.43. The summed E-state index contributed by atoms with van der Waals surface area (Å²) in [4.78, 5) is 6.14. The molecule has 1 aromatic heterocycles. The maximum absolute atomic E-state index is 12.1. The molecule has 0 aliphatic carbocycles. The van der Waals surface area contributed by atoms with E-state index >= 15 is 0 Å². The number of nitrogens with zero attached hydrogens (tertiary/aromatic N) is 3. The minimum Gasteiger partial charge on any atom is -0.384 e. The molecule has 1 aliphatic heterocycles. The quantitative estimate of drug-likeness (QED) is 0.671. The van der Waals surface area contributed by atoms with Gasteiger partial charge < -0.3 is 15.4 Å². The normalized spacial score (nSPS) is 17.1. The summed E-state index contributed by atoms with van der Waals surface area (Å²) < 4.78 is 32.9. The predicted octanol–water partition coefficient (Wildman–Crippen LogP) is -0.733. The summed E-state index contributed by atoms with van der Waals surface area (Å²) in [5.74, 6) is 0.474. The lowest BCUT2D eigenvalue weighted by molar-refractivity contribution is 0.203. The van der Waals surface area contributed by atoms with Crippen molar-refractivity contribution >= 4 is 21.7 Å². The van der Waals surface area contributed by atoms with E-state index in [4.69, 9.17) is 10.5 Å². The van der Waals surface area contributed by atoms with Gasteiger partial charge in [-0.3, -0.25) is 0 Å². The Hall–Kier alpha value is -1.42. The highest BCUT2D eigenvalue weighted by Gasteiger charge is 2.26. The molecule has 0 unspecified atom stereocenters. The molecule has 0 atom stereocenters. The van der Waals surface area contributed by atoms with E-state index < -0.39 is 10.2 Å². The monoisotopic (exact) mass is 315 g/mol. The average Bonchev–Trinajstić information content (AvgIpc) is 2.48. The van der Waals surface area contributed by atoms with Gasteiger partial charge in [-0.05, 0) is 12.1 Å². The highest BCUT2D eigenvalue weighted by atomic mass is 32.2. The van der Waals surface area contributed by atoms with Crippen LogP contribution in [0.3, 0.4) is 0 Å². The van der Waals surface area contributed by atoms with Crippen molar-refractivity contribution in [1.82, 2.24) is 14.0 Å². The summed E-state index contributed by atoms with van der Waals surface area (Å²) in [6.45, 7) is 2.75. The van der Waals surface area contributed by atoms with Gasteiger partial charge in [-0.2, -0.15) is 17.4 Å². The number of hydrogen-bond acceptors (Lipinski definition) is 6. The van der Waals surface area contributed by atoms with E-state index in [1.807, 2.05) is 6.07 Å². The molecule has 118 valence electrons. The second kappa shape index (κ2) is 7.03. The standard InChI is InChI=1S/C12H21N5O3S/c1-20-9-4-15-21(18,19)17-7-5-16(6-8-17)11-2-3-12(13)14-10-11/h2-3,10,15H,4-9H2,1H3,(H2,13,14). The van der Waals surface area contributed by atoms with Gasteiger partial charge in [0.15, 0.2) is 0 Å². The van der Waals surface area contributed by atoms with Crippen LogP contribution in [0.4, 0.5) is 11.5 Å². The predicted molar refractivity (Wildman–Crippen MR) is 81.2 cm³/mol. The number of methoxy groups -OCH3 is 1. The number of nitrogens with one attached hydrogen (secondary N) is 1. The molecule has 8 nitrogen and oxygen atoms in total. The molecular weight excluding hydrogens is 294 g/mol. The average molecular weight is 315 g/mol. The third-order valence-corrected chi connectivity index (χ3v) is 4.92. The SMILES string of the molecule is COCCNS(=O)(=O)N1CCN(c2ccc(N)nc2)CC1. The molecule has 1 aliphatic rings. The molecule has 0 aromatic carbocycles. The Morgan fingerprint density at radius 3 is 2.62 bits per heavy atom. The Morgan fingerprint density at radius 1 is 1.33 bits per heavy atom. The number of hydrogen-bond donors (Lipinski definition) is 2. The molecular formula is C12H21N5O3S. The second-order valence-electron chi connectivity index (χ2n) is 4.72. The van der Waals surface area contributed by atoms with E-state index in [1.54, 1.807) is 12.3 Å². The van der Waals surface area contributed by atoms with E-state index in [2.05, 4.69) is 14.6 Å². The zero-order valence-corrected chi connectivity index (χ0v) is 12.8. The van der Waals surface area contributed by atoms with E-state index in [9.17, 15) is 8.42 Å². The summed E-state index contributed by atoms with van der Waals surface area (Å²) in [5.41, 5.74) is 6.51. The molecule has 0 bridgehead atoms. The van der Waals surface area contributed by atoms with Crippen LogP contribution in [0.5, 0.6) is 0 Å². The van der Waals surface area contributed by atoms with E-state index in [1.165, 1.54) is 11.4 Å². The summed E-state index contributed by atoms with van der Waals surface area (Å²) in [6.07, 6.45) is 1.70. The van der Waals surface area contributed by atoms with Gasteiger partial charge in [0.05, 0.1) is 18.5 Å². The zero-order valence-electron chi connectivity index (χ0n) is 12.0. The number of ether oxygens (including phenoxy) is 1. The Balaban J connectivity index is 1.89. The van der Waals surface area contributed by atoms with Crippen LogP contribution in [0.25, 0.3) is 0 Å². The molecule has 3 N–H and O–H groups in total. The van der Waals surface area contributed by atoms with Crippen molar-refractivity contribution in [1.29, 1.82) is 0 Å². The molecule has 0 spiro atoms. The number of anilines is 2. The lowest BCUT2D eigenvalue weighted by Crippen LogP contribution is -2.52. The van der Waals surface area contributed by atoms with Crippen LogP contribution in [0.1, 0.15) is 0 Å². The first-order chi connectivity index (χ1) is 10.0. The molecule has 9 heteroatoms. The third kappa shape index (κ3) is 4.27. The van der Waals surface area contributed by atoms with Gasteiger partial charge in [-0.1, -0.05) is 0 Å². The highest BCUT2D eigenvalue weighted by molar-refractivity contribution is 7.87. The summed E-state index contributed by atoms with van der Waals surface area (Å²) in [7, 11) is -1.89. The minimum absolute atomic E-state index is 0.279. The van der Waals surface area contributed by atoms with Gasteiger partial charge in [0.2, 0.25) is 0 Å². The van der Waals surface area contributed by atoms with Gasteiger partial charge >= 0.3 is 0 Å². The van der Waals surface area contributed by atoms with Crippen molar-refractivity contribution in [2.24, 2.45) is 0 Å². The number of rotatable bonds is 6.